The van der Waals surface area contributed by atoms with Gasteiger partial charge in [-0.05, 0) is 12.5 Å². The molecule has 0 fully saturated rings. The van der Waals surface area contributed by atoms with Gasteiger partial charge in [0.2, 0.25) is 0 Å². The van der Waals surface area contributed by atoms with Crippen LogP contribution in [0.1, 0.15) is 12.8 Å². The maximum Gasteiger partial charge on any atom is 0.305 e. The highest BCUT2D eigenvalue weighted by Crippen LogP contribution is 2.32. The molecule has 2 rings (SSSR count). The molecular formula is C14H17NO2S. The number of benzene rings is 1. The number of fused-ring (bicyclic) bond motifs is 1. The summed E-state index contributed by atoms with van der Waals surface area (Å²) < 4.78 is 5.94. The quantitative estimate of drug-likeness (QED) is 0.775. The third-order valence-corrected chi connectivity index (χ3v) is 3.92. The molecule has 1 aromatic heterocycles. The van der Waals surface area contributed by atoms with Crippen molar-refractivity contribution in [2.45, 2.75) is 12.8 Å². The molecule has 0 saturated heterocycles. The lowest BCUT2D eigenvalue weighted by Gasteiger charge is -2.18. The lowest BCUT2D eigenvalue weighted by atomic mass is 10.2. The number of carbonyl (C=O) groups excluding carboxylic acids is 1. The third-order valence-electron chi connectivity index (χ3n) is 2.97. The number of thiophene rings is 1. The first kappa shape index (κ1) is 12.9. The second kappa shape index (κ2) is 5.87. The maximum absolute atomic E-state index is 11.1. The van der Waals surface area contributed by atoms with E-state index in [9.17, 15) is 4.79 Å². The fourth-order valence-electron chi connectivity index (χ4n) is 1.94. The second-order valence-electron chi connectivity index (χ2n) is 4.22. The minimum atomic E-state index is -0.140. The number of carbonyl (C=O) groups is 1. The van der Waals surface area contributed by atoms with Crippen molar-refractivity contribution in [3.63, 3.8) is 0 Å². The summed E-state index contributed by atoms with van der Waals surface area (Å²) >= 11 is 1.75. The molecule has 18 heavy (non-hydrogen) atoms. The molecule has 1 heterocycles. The lowest BCUT2D eigenvalue weighted by molar-refractivity contribution is -0.140. The van der Waals surface area contributed by atoms with E-state index in [-0.39, 0.29) is 5.97 Å². The smallest absolute Gasteiger partial charge is 0.305 e. The SMILES string of the molecule is COC(=O)CCCN(C)c1csc2ccccc12. The number of methoxy groups -OCH3 is 1. The van der Waals surface area contributed by atoms with E-state index < -0.39 is 0 Å². The van der Waals surface area contributed by atoms with Crippen LogP contribution in [0.5, 0.6) is 0 Å². The van der Waals surface area contributed by atoms with Crippen LogP contribution in [0.25, 0.3) is 10.1 Å². The fourth-order valence-corrected chi connectivity index (χ4v) is 2.94. The molecule has 0 radical (unpaired) electrons. The Morgan fingerprint density at radius 2 is 2.17 bits per heavy atom. The first-order chi connectivity index (χ1) is 8.72. The van der Waals surface area contributed by atoms with Crippen LogP contribution in [0.15, 0.2) is 29.6 Å². The number of esters is 1. The molecule has 0 atom stereocenters. The summed E-state index contributed by atoms with van der Waals surface area (Å²) in [5.74, 6) is -0.140. The number of ether oxygens (including phenoxy) is 1. The van der Waals surface area contributed by atoms with Gasteiger partial charge in [0.05, 0.1) is 12.8 Å². The van der Waals surface area contributed by atoms with E-state index in [1.165, 1.54) is 22.9 Å². The Labute approximate surface area is 111 Å². The predicted octanol–water partition coefficient (Wildman–Crippen LogP) is 3.29. The van der Waals surface area contributed by atoms with E-state index >= 15 is 0 Å². The van der Waals surface area contributed by atoms with Gasteiger partial charge in [0.1, 0.15) is 0 Å². The first-order valence-electron chi connectivity index (χ1n) is 5.96. The monoisotopic (exact) mass is 263 g/mol. The van der Waals surface area contributed by atoms with Crippen molar-refractivity contribution >= 4 is 33.1 Å². The Kier molecular flexibility index (Phi) is 4.20. The van der Waals surface area contributed by atoms with Crippen LogP contribution < -0.4 is 4.90 Å². The highest BCUT2D eigenvalue weighted by molar-refractivity contribution is 7.17. The van der Waals surface area contributed by atoms with Gasteiger partial charge in [-0.15, -0.1) is 11.3 Å². The zero-order valence-corrected chi connectivity index (χ0v) is 11.5. The molecular weight excluding hydrogens is 246 g/mol. The van der Waals surface area contributed by atoms with Crippen molar-refractivity contribution in [2.75, 3.05) is 25.6 Å². The van der Waals surface area contributed by atoms with Crippen molar-refractivity contribution in [3.05, 3.63) is 29.6 Å². The Morgan fingerprint density at radius 1 is 1.39 bits per heavy atom. The predicted molar refractivity (Wildman–Crippen MR) is 76.3 cm³/mol. The highest BCUT2D eigenvalue weighted by atomic mass is 32.1. The van der Waals surface area contributed by atoms with E-state index in [4.69, 9.17) is 0 Å². The van der Waals surface area contributed by atoms with Crippen LogP contribution in [0, 0.1) is 0 Å². The number of nitrogens with zero attached hydrogens (tertiary/aromatic N) is 1. The van der Waals surface area contributed by atoms with Crippen molar-refractivity contribution < 1.29 is 9.53 Å². The van der Waals surface area contributed by atoms with Gasteiger partial charge in [-0.1, -0.05) is 18.2 Å². The molecule has 0 bridgehead atoms. The summed E-state index contributed by atoms with van der Waals surface area (Å²) in [6.07, 6.45) is 1.29. The minimum absolute atomic E-state index is 0.140. The zero-order chi connectivity index (χ0) is 13.0. The third kappa shape index (κ3) is 2.82. The van der Waals surface area contributed by atoms with E-state index in [1.54, 1.807) is 11.3 Å². The average Bonchev–Trinajstić information content (AvgIpc) is 2.82. The molecule has 96 valence electrons. The average molecular weight is 263 g/mol. The molecule has 0 saturated carbocycles. The number of rotatable bonds is 5. The molecule has 1 aromatic carbocycles. The Balaban J connectivity index is 2.00. The molecule has 2 aromatic rings. The molecule has 0 aliphatic carbocycles. The van der Waals surface area contributed by atoms with Crippen LogP contribution >= 0.6 is 11.3 Å². The first-order valence-corrected chi connectivity index (χ1v) is 6.84. The Bertz CT molecular complexity index is 535. The summed E-state index contributed by atoms with van der Waals surface area (Å²) in [7, 11) is 3.49. The summed E-state index contributed by atoms with van der Waals surface area (Å²) in [5, 5.41) is 3.45. The Morgan fingerprint density at radius 3 is 2.94 bits per heavy atom. The van der Waals surface area contributed by atoms with Gasteiger partial charge in [-0.3, -0.25) is 4.79 Å². The molecule has 3 nitrogen and oxygen atoms in total. The highest BCUT2D eigenvalue weighted by Gasteiger charge is 2.08. The largest absolute Gasteiger partial charge is 0.469 e. The molecule has 0 aliphatic rings. The van der Waals surface area contributed by atoms with Gasteiger partial charge in [-0.2, -0.15) is 0 Å². The topological polar surface area (TPSA) is 29.5 Å². The number of hydrogen-bond acceptors (Lipinski definition) is 4. The minimum Gasteiger partial charge on any atom is -0.469 e. The van der Waals surface area contributed by atoms with Gasteiger partial charge < -0.3 is 9.64 Å². The molecule has 4 heteroatoms. The van der Waals surface area contributed by atoms with Gasteiger partial charge in [0, 0.05) is 35.5 Å². The van der Waals surface area contributed by atoms with Crippen molar-refractivity contribution in [2.24, 2.45) is 0 Å². The summed E-state index contributed by atoms with van der Waals surface area (Å²) in [4.78, 5) is 13.2. The fraction of sp³-hybridized carbons (Fsp3) is 0.357. The molecule has 0 aliphatic heterocycles. The summed E-state index contributed by atoms with van der Waals surface area (Å²) in [5.41, 5.74) is 1.24. The van der Waals surface area contributed by atoms with Crippen molar-refractivity contribution in [3.8, 4) is 0 Å². The van der Waals surface area contributed by atoms with E-state index in [0.29, 0.717) is 6.42 Å². The van der Waals surface area contributed by atoms with Crippen LogP contribution in [0.3, 0.4) is 0 Å². The van der Waals surface area contributed by atoms with Gasteiger partial charge in [-0.25, -0.2) is 0 Å². The van der Waals surface area contributed by atoms with Crippen LogP contribution in [0.2, 0.25) is 0 Å². The van der Waals surface area contributed by atoms with Crippen LogP contribution in [-0.2, 0) is 9.53 Å². The molecule has 0 spiro atoms. The van der Waals surface area contributed by atoms with Crippen molar-refractivity contribution in [1.29, 1.82) is 0 Å². The summed E-state index contributed by atoms with van der Waals surface area (Å²) in [6.45, 7) is 0.857. The molecule has 0 unspecified atom stereocenters. The number of anilines is 1. The van der Waals surface area contributed by atoms with Gasteiger partial charge in [0.25, 0.3) is 0 Å². The van der Waals surface area contributed by atoms with Crippen LogP contribution in [0.4, 0.5) is 5.69 Å². The van der Waals surface area contributed by atoms with Crippen molar-refractivity contribution in [1.82, 2.24) is 0 Å². The second-order valence-corrected chi connectivity index (χ2v) is 5.13. The van der Waals surface area contributed by atoms with Gasteiger partial charge in [0.15, 0.2) is 0 Å². The molecule has 0 amide bonds. The Hall–Kier alpha value is -1.55. The lowest BCUT2D eigenvalue weighted by Crippen LogP contribution is -2.19. The standard InChI is InChI=1S/C14H17NO2S/c1-15(9-5-8-14(16)17-2)12-10-18-13-7-4-3-6-11(12)13/h3-4,6-7,10H,5,8-9H2,1-2H3. The van der Waals surface area contributed by atoms with Gasteiger partial charge >= 0.3 is 5.97 Å². The normalized spacial score (nSPS) is 10.6. The van der Waals surface area contributed by atoms with E-state index in [1.807, 2.05) is 0 Å². The van der Waals surface area contributed by atoms with E-state index in [2.05, 4.69) is 46.3 Å². The maximum atomic E-state index is 11.1. The van der Waals surface area contributed by atoms with E-state index in [0.717, 1.165) is 13.0 Å². The number of hydrogen-bond donors (Lipinski definition) is 0. The van der Waals surface area contributed by atoms with Crippen LogP contribution in [-0.4, -0.2) is 26.7 Å². The summed E-state index contributed by atoms with van der Waals surface area (Å²) in [6, 6.07) is 8.38. The zero-order valence-electron chi connectivity index (χ0n) is 10.7. The molecule has 0 N–H and O–H groups in total.